The van der Waals surface area contributed by atoms with Crippen LogP contribution < -0.4 is 14.2 Å². The number of alkyl halides is 2. The third kappa shape index (κ3) is 5.42. The summed E-state index contributed by atoms with van der Waals surface area (Å²) in [5.74, 6) is 0.554. The standard InChI is InChI=1S/C22H24F2N2O5/c1-29-16-8-7-15(19(14-16)30-2)13-20(27)25-9-11-26(12-10-25)21(28)17-5-3-4-6-18(17)31-22(23)24/h3-8,14,22H,9-13H2,1-2H3. The molecule has 2 aromatic rings. The van der Waals surface area contributed by atoms with Gasteiger partial charge in [0.25, 0.3) is 5.91 Å². The number of amides is 2. The average Bonchev–Trinajstić information content (AvgIpc) is 2.79. The van der Waals surface area contributed by atoms with Gasteiger partial charge in [-0.15, -0.1) is 0 Å². The van der Waals surface area contributed by atoms with Crippen molar-refractivity contribution in [1.82, 2.24) is 9.80 Å². The van der Waals surface area contributed by atoms with E-state index in [4.69, 9.17) is 9.47 Å². The molecule has 2 aromatic carbocycles. The Bertz CT molecular complexity index is 930. The van der Waals surface area contributed by atoms with Gasteiger partial charge in [0.15, 0.2) is 0 Å². The summed E-state index contributed by atoms with van der Waals surface area (Å²) in [6.45, 7) is -1.72. The third-order valence-electron chi connectivity index (χ3n) is 5.09. The molecule has 7 nitrogen and oxygen atoms in total. The highest BCUT2D eigenvalue weighted by Crippen LogP contribution is 2.26. The lowest BCUT2D eigenvalue weighted by molar-refractivity contribution is -0.132. The first kappa shape index (κ1) is 22.3. The molecule has 0 aliphatic carbocycles. The molecule has 0 unspecified atom stereocenters. The number of para-hydroxylation sites is 1. The van der Waals surface area contributed by atoms with Crippen molar-refractivity contribution in [2.45, 2.75) is 13.0 Å². The van der Waals surface area contributed by atoms with Crippen molar-refractivity contribution in [2.75, 3.05) is 40.4 Å². The quantitative estimate of drug-likeness (QED) is 0.671. The number of carbonyl (C=O) groups excluding carboxylic acids is 2. The van der Waals surface area contributed by atoms with Gasteiger partial charge in [-0.1, -0.05) is 18.2 Å². The van der Waals surface area contributed by atoms with Gasteiger partial charge in [-0.25, -0.2) is 0 Å². The molecular weight excluding hydrogens is 410 g/mol. The van der Waals surface area contributed by atoms with Gasteiger partial charge in [-0.05, 0) is 18.2 Å². The van der Waals surface area contributed by atoms with Crippen LogP contribution in [0.15, 0.2) is 42.5 Å². The monoisotopic (exact) mass is 434 g/mol. The number of nitrogens with zero attached hydrogens (tertiary/aromatic N) is 2. The van der Waals surface area contributed by atoms with Crippen LogP contribution in [0.4, 0.5) is 8.78 Å². The zero-order valence-electron chi connectivity index (χ0n) is 17.3. The van der Waals surface area contributed by atoms with Crippen LogP contribution in [0.3, 0.4) is 0 Å². The lowest BCUT2D eigenvalue weighted by Crippen LogP contribution is -2.51. The fraction of sp³-hybridized carbons (Fsp3) is 0.364. The van der Waals surface area contributed by atoms with Gasteiger partial charge >= 0.3 is 6.61 Å². The van der Waals surface area contributed by atoms with Crippen LogP contribution in [0, 0.1) is 0 Å². The Morgan fingerprint density at radius 3 is 2.26 bits per heavy atom. The van der Waals surface area contributed by atoms with Gasteiger partial charge in [0, 0.05) is 37.8 Å². The van der Waals surface area contributed by atoms with Gasteiger partial charge in [-0.3, -0.25) is 9.59 Å². The average molecular weight is 434 g/mol. The predicted octanol–water partition coefficient (Wildman–Crippen LogP) is 2.83. The van der Waals surface area contributed by atoms with Crippen molar-refractivity contribution in [2.24, 2.45) is 0 Å². The topological polar surface area (TPSA) is 68.3 Å². The molecule has 3 rings (SSSR count). The maximum Gasteiger partial charge on any atom is 0.387 e. The molecule has 1 fully saturated rings. The Morgan fingerprint density at radius 2 is 1.61 bits per heavy atom. The van der Waals surface area contributed by atoms with Gasteiger partial charge in [0.05, 0.1) is 26.2 Å². The highest BCUT2D eigenvalue weighted by molar-refractivity contribution is 5.97. The fourth-order valence-corrected chi connectivity index (χ4v) is 3.44. The summed E-state index contributed by atoms with van der Waals surface area (Å²) >= 11 is 0. The van der Waals surface area contributed by atoms with Gasteiger partial charge in [-0.2, -0.15) is 8.78 Å². The van der Waals surface area contributed by atoms with Crippen LogP contribution in [-0.4, -0.2) is 68.6 Å². The molecule has 166 valence electrons. The minimum Gasteiger partial charge on any atom is -0.497 e. The van der Waals surface area contributed by atoms with E-state index >= 15 is 0 Å². The van der Waals surface area contributed by atoms with Crippen LogP contribution in [0.25, 0.3) is 0 Å². The predicted molar refractivity (Wildman–Crippen MR) is 109 cm³/mol. The lowest BCUT2D eigenvalue weighted by Gasteiger charge is -2.35. The number of ether oxygens (including phenoxy) is 3. The second-order valence-electron chi connectivity index (χ2n) is 6.90. The van der Waals surface area contributed by atoms with Crippen LogP contribution in [0.5, 0.6) is 17.2 Å². The molecule has 0 bridgehead atoms. The first-order chi connectivity index (χ1) is 14.9. The summed E-state index contributed by atoms with van der Waals surface area (Å²) in [5.41, 5.74) is 0.815. The maximum absolute atomic E-state index is 12.8. The van der Waals surface area contributed by atoms with Gasteiger partial charge < -0.3 is 24.0 Å². The Kier molecular flexibility index (Phi) is 7.28. The minimum absolute atomic E-state index is 0.0746. The van der Waals surface area contributed by atoms with Crippen molar-refractivity contribution in [3.8, 4) is 17.2 Å². The third-order valence-corrected chi connectivity index (χ3v) is 5.09. The maximum atomic E-state index is 12.8. The minimum atomic E-state index is -3.02. The molecule has 0 N–H and O–H groups in total. The zero-order valence-corrected chi connectivity index (χ0v) is 17.3. The number of halogens is 2. The highest BCUT2D eigenvalue weighted by atomic mass is 19.3. The lowest BCUT2D eigenvalue weighted by atomic mass is 10.1. The Labute approximate surface area is 179 Å². The van der Waals surface area contributed by atoms with Crippen molar-refractivity contribution < 1.29 is 32.6 Å². The summed E-state index contributed by atoms with van der Waals surface area (Å²) in [7, 11) is 3.08. The van der Waals surface area contributed by atoms with E-state index in [1.165, 1.54) is 30.2 Å². The van der Waals surface area contributed by atoms with Crippen molar-refractivity contribution in [1.29, 1.82) is 0 Å². The molecule has 2 amide bonds. The Balaban J connectivity index is 1.61. The second-order valence-corrected chi connectivity index (χ2v) is 6.90. The Hall–Kier alpha value is -3.36. The zero-order chi connectivity index (χ0) is 22.4. The van der Waals surface area contributed by atoms with Crippen LogP contribution in [-0.2, 0) is 11.2 Å². The first-order valence-corrected chi connectivity index (χ1v) is 9.74. The molecule has 0 aromatic heterocycles. The summed E-state index contributed by atoms with van der Waals surface area (Å²) in [4.78, 5) is 28.7. The first-order valence-electron chi connectivity index (χ1n) is 9.74. The van der Waals surface area contributed by atoms with E-state index < -0.39 is 12.5 Å². The molecule has 0 radical (unpaired) electrons. The molecular formula is C22H24F2N2O5. The summed E-state index contributed by atoms with van der Waals surface area (Å²) in [6.07, 6.45) is 0.159. The van der Waals surface area contributed by atoms with E-state index in [0.29, 0.717) is 37.7 Å². The van der Waals surface area contributed by atoms with Crippen molar-refractivity contribution in [3.05, 3.63) is 53.6 Å². The number of carbonyl (C=O) groups is 2. The van der Waals surface area contributed by atoms with E-state index in [1.807, 2.05) is 0 Å². The summed E-state index contributed by atoms with van der Waals surface area (Å²) < 4.78 is 40.2. The van der Waals surface area contributed by atoms with E-state index in [-0.39, 0.29) is 23.6 Å². The molecule has 0 saturated carbocycles. The normalized spacial score (nSPS) is 13.8. The highest BCUT2D eigenvalue weighted by Gasteiger charge is 2.27. The molecule has 0 spiro atoms. The molecule has 0 atom stereocenters. The molecule has 1 aliphatic rings. The fourth-order valence-electron chi connectivity index (χ4n) is 3.44. The number of hydrogen-bond acceptors (Lipinski definition) is 5. The van der Waals surface area contributed by atoms with Crippen LogP contribution in [0.2, 0.25) is 0 Å². The van der Waals surface area contributed by atoms with Gasteiger partial charge in [0.1, 0.15) is 17.2 Å². The smallest absolute Gasteiger partial charge is 0.387 e. The summed E-state index contributed by atoms with van der Waals surface area (Å²) in [6, 6.07) is 11.2. The van der Waals surface area contributed by atoms with E-state index in [1.54, 1.807) is 36.3 Å². The molecule has 1 heterocycles. The SMILES string of the molecule is COc1ccc(CC(=O)N2CCN(C(=O)c3ccccc3OC(F)F)CC2)c(OC)c1. The van der Waals surface area contributed by atoms with Crippen LogP contribution >= 0.6 is 0 Å². The number of methoxy groups -OCH3 is 2. The number of rotatable bonds is 7. The number of piperazine rings is 1. The molecule has 1 saturated heterocycles. The molecule has 31 heavy (non-hydrogen) atoms. The second kappa shape index (κ2) is 10.1. The largest absolute Gasteiger partial charge is 0.497 e. The number of benzene rings is 2. The Morgan fingerprint density at radius 1 is 0.935 bits per heavy atom. The van der Waals surface area contributed by atoms with Gasteiger partial charge in [0.2, 0.25) is 5.91 Å². The van der Waals surface area contributed by atoms with E-state index in [0.717, 1.165) is 5.56 Å². The van der Waals surface area contributed by atoms with E-state index in [2.05, 4.69) is 4.74 Å². The van der Waals surface area contributed by atoms with Crippen molar-refractivity contribution >= 4 is 11.8 Å². The van der Waals surface area contributed by atoms with E-state index in [9.17, 15) is 18.4 Å². The summed E-state index contributed by atoms with van der Waals surface area (Å²) in [5, 5.41) is 0. The van der Waals surface area contributed by atoms with Crippen LogP contribution in [0.1, 0.15) is 15.9 Å². The molecule has 1 aliphatic heterocycles. The number of hydrogen-bond donors (Lipinski definition) is 0. The van der Waals surface area contributed by atoms with Crippen molar-refractivity contribution in [3.63, 3.8) is 0 Å². The molecule has 9 heteroatoms.